The van der Waals surface area contributed by atoms with E-state index in [1.54, 1.807) is 48.5 Å². The molecule has 1 heterocycles. The molecule has 1 nitrogen and oxygen atoms in total. The Kier molecular flexibility index (Phi) is 3.99. The smallest absolute Gasteiger partial charge is 0.143 e. The van der Waals surface area contributed by atoms with Gasteiger partial charge in [0, 0.05) is 27.6 Å². The molecule has 0 saturated heterocycles. The molecule has 0 fully saturated rings. The van der Waals surface area contributed by atoms with Crippen molar-refractivity contribution in [3.8, 4) is 44.7 Å². The minimum absolute atomic E-state index is 0.0173. The van der Waals surface area contributed by atoms with E-state index in [2.05, 4.69) is 0 Å². The highest BCUT2D eigenvalue weighted by atomic mass is 16.3. The molecule has 49 heavy (non-hydrogen) atoms. The lowest BCUT2D eigenvalue weighted by molar-refractivity contribution is 0.633. The molecule has 0 bridgehead atoms. The van der Waals surface area contributed by atoms with E-state index in [0.717, 1.165) is 21.5 Å². The molecule has 228 valence electrons. The van der Waals surface area contributed by atoms with Crippen molar-refractivity contribution in [2.45, 2.75) is 0 Å². The molecule has 1 heteroatoms. The van der Waals surface area contributed by atoms with Crippen LogP contribution in [-0.2, 0) is 0 Å². The molecule has 0 unspecified atom stereocenters. The van der Waals surface area contributed by atoms with Crippen LogP contribution < -0.4 is 0 Å². The van der Waals surface area contributed by atoms with Gasteiger partial charge in [0.25, 0.3) is 0 Å². The number of rotatable bonds is 4. The highest BCUT2D eigenvalue weighted by Crippen LogP contribution is 2.51. The van der Waals surface area contributed by atoms with Gasteiger partial charge in [-0.15, -0.1) is 0 Å². The maximum absolute atomic E-state index is 9.57. The second-order valence-electron chi connectivity index (χ2n) is 11.8. The van der Waals surface area contributed by atoms with Gasteiger partial charge < -0.3 is 4.42 Å². The number of benzene rings is 9. The van der Waals surface area contributed by atoms with Gasteiger partial charge >= 0.3 is 0 Å². The third-order valence-corrected chi connectivity index (χ3v) is 9.18. The van der Waals surface area contributed by atoms with Crippen molar-refractivity contribution in [2.75, 3.05) is 0 Å². The van der Waals surface area contributed by atoms with E-state index in [-0.39, 0.29) is 60.7 Å². The molecule has 0 aliphatic rings. The minimum atomic E-state index is -0.569. The molecule has 0 saturated carbocycles. The fraction of sp³-hybridized carbons (Fsp3) is 0. The molecule has 0 spiro atoms. The van der Waals surface area contributed by atoms with Crippen molar-refractivity contribution in [3.05, 3.63) is 182 Å². The standard InChI is InChI=1S/C48H30O/c1-3-14-31(15-4-1)38-24-13-25-43-46(47(49-48(38)43)35-28-29-37-34(30-35)27-26-32-16-7-8-19-36(32)37)45-41-22-11-9-20-39(41)44(33-17-5-2-6-18-33)40-21-10-12-23-42(40)45/h1-30H/i1D,3D,4D,9D,10D,11D,12D,14D,15D,20D,21D,22D,23D. The minimum Gasteiger partial charge on any atom is -0.455 e. The molecule has 1 aromatic heterocycles. The van der Waals surface area contributed by atoms with E-state index in [4.69, 9.17) is 16.8 Å². The van der Waals surface area contributed by atoms with E-state index in [1.807, 2.05) is 54.6 Å². The van der Waals surface area contributed by atoms with Crippen LogP contribution in [0.25, 0.3) is 98.8 Å². The maximum atomic E-state index is 9.57. The largest absolute Gasteiger partial charge is 0.455 e. The van der Waals surface area contributed by atoms with Crippen LogP contribution in [0, 0.1) is 0 Å². The van der Waals surface area contributed by atoms with Crippen LogP contribution in [0.4, 0.5) is 0 Å². The Balaban J connectivity index is 1.48. The first-order valence-electron chi connectivity index (χ1n) is 22.3. The van der Waals surface area contributed by atoms with Gasteiger partial charge in [0.1, 0.15) is 11.3 Å². The van der Waals surface area contributed by atoms with Crippen LogP contribution in [0.3, 0.4) is 0 Å². The van der Waals surface area contributed by atoms with Gasteiger partial charge in [-0.2, -0.15) is 0 Å². The first kappa shape index (κ1) is 17.6. The zero-order valence-electron chi connectivity index (χ0n) is 38.7. The molecule has 0 radical (unpaired) electrons. The summed E-state index contributed by atoms with van der Waals surface area (Å²) >= 11 is 0. The lowest BCUT2D eigenvalue weighted by Crippen LogP contribution is -1.91. The van der Waals surface area contributed by atoms with Crippen LogP contribution in [0.5, 0.6) is 0 Å². The Morgan fingerprint density at radius 2 is 0.980 bits per heavy atom. The van der Waals surface area contributed by atoms with Crippen molar-refractivity contribution in [2.24, 2.45) is 0 Å². The van der Waals surface area contributed by atoms with Crippen LogP contribution in [0.1, 0.15) is 17.8 Å². The summed E-state index contributed by atoms with van der Waals surface area (Å²) in [5.41, 5.74) is 1.55. The van der Waals surface area contributed by atoms with Crippen molar-refractivity contribution >= 4 is 54.1 Å². The fourth-order valence-corrected chi connectivity index (χ4v) is 7.08. The van der Waals surface area contributed by atoms with Gasteiger partial charge in [0.05, 0.1) is 17.8 Å². The molecule has 0 aliphatic carbocycles. The maximum Gasteiger partial charge on any atom is 0.143 e. The molecule has 0 amide bonds. The predicted molar refractivity (Wildman–Crippen MR) is 208 cm³/mol. The SMILES string of the molecule is [2H]c1c([2H])c([2H])c(-c2cccc3c(-c4c5c([2H])c([2H])c([2H])c([2H])c5c(-c5ccccc5)c5c([2H])c([2H])c([2H])c([2H])c45)c(-c4ccc5c(ccc6ccccc65)c4)oc23)c([2H])c1[2H]. The van der Waals surface area contributed by atoms with E-state index in [9.17, 15) is 5.48 Å². The zero-order valence-corrected chi connectivity index (χ0v) is 25.7. The lowest BCUT2D eigenvalue weighted by Gasteiger charge is -2.18. The zero-order chi connectivity index (χ0) is 43.6. The summed E-state index contributed by atoms with van der Waals surface area (Å²) in [5, 5.41) is 4.13. The summed E-state index contributed by atoms with van der Waals surface area (Å²) in [5.74, 6) is 0.157. The molecule has 9 aromatic carbocycles. The van der Waals surface area contributed by atoms with Gasteiger partial charge in [-0.25, -0.2) is 0 Å². The van der Waals surface area contributed by atoms with E-state index in [0.29, 0.717) is 16.5 Å². The van der Waals surface area contributed by atoms with Gasteiger partial charge in [-0.1, -0.05) is 176 Å². The lowest BCUT2D eigenvalue weighted by atomic mass is 9.84. The molecule has 10 rings (SSSR count). The quantitative estimate of drug-likeness (QED) is 0.139. The van der Waals surface area contributed by atoms with Crippen molar-refractivity contribution < 1.29 is 22.2 Å². The summed E-state index contributed by atoms with van der Waals surface area (Å²) in [6.45, 7) is 0. The highest BCUT2D eigenvalue weighted by molar-refractivity contribution is 6.25. The first-order chi connectivity index (χ1) is 29.7. The normalized spacial score (nSPS) is 15.4. The Hall–Kier alpha value is -6.44. The van der Waals surface area contributed by atoms with Crippen molar-refractivity contribution in [3.63, 3.8) is 0 Å². The molecular formula is C48H30O. The summed E-state index contributed by atoms with van der Waals surface area (Å²) in [6.07, 6.45) is 0. The van der Waals surface area contributed by atoms with Crippen LogP contribution in [-0.4, -0.2) is 0 Å². The average molecular weight is 636 g/mol. The third-order valence-electron chi connectivity index (χ3n) is 9.18. The first-order valence-corrected chi connectivity index (χ1v) is 15.8. The van der Waals surface area contributed by atoms with E-state index in [1.165, 1.54) is 0 Å². The summed E-state index contributed by atoms with van der Waals surface area (Å²) < 4.78 is 124. The number of furan rings is 1. The third kappa shape index (κ3) is 4.33. The van der Waals surface area contributed by atoms with Crippen LogP contribution in [0.15, 0.2) is 186 Å². The monoisotopic (exact) mass is 635 g/mol. The summed E-state index contributed by atoms with van der Waals surface area (Å²) in [4.78, 5) is 0. The number of hydrogen-bond acceptors (Lipinski definition) is 1. The Bertz CT molecular complexity index is 3510. The highest BCUT2D eigenvalue weighted by Gasteiger charge is 2.25. The fourth-order valence-electron chi connectivity index (χ4n) is 7.08. The summed E-state index contributed by atoms with van der Waals surface area (Å²) in [7, 11) is 0. The van der Waals surface area contributed by atoms with E-state index < -0.39 is 78.6 Å². The average Bonchev–Trinajstić information content (AvgIpc) is 3.69. The van der Waals surface area contributed by atoms with Crippen molar-refractivity contribution in [1.29, 1.82) is 0 Å². The summed E-state index contributed by atoms with van der Waals surface area (Å²) in [6, 6.07) is 24.6. The Morgan fingerprint density at radius 3 is 1.73 bits per heavy atom. The Morgan fingerprint density at radius 1 is 0.367 bits per heavy atom. The van der Waals surface area contributed by atoms with E-state index >= 15 is 0 Å². The van der Waals surface area contributed by atoms with Crippen LogP contribution in [0.2, 0.25) is 0 Å². The number of hydrogen-bond donors (Lipinski definition) is 0. The Labute approximate surface area is 302 Å². The topological polar surface area (TPSA) is 13.1 Å². The number of para-hydroxylation sites is 1. The molecule has 0 N–H and O–H groups in total. The molecule has 0 atom stereocenters. The molecular weight excluding hydrogens is 593 g/mol. The van der Waals surface area contributed by atoms with Crippen molar-refractivity contribution in [1.82, 2.24) is 0 Å². The molecule has 0 aliphatic heterocycles. The van der Waals surface area contributed by atoms with Gasteiger partial charge in [-0.3, -0.25) is 0 Å². The molecule has 10 aromatic rings. The van der Waals surface area contributed by atoms with Crippen LogP contribution >= 0.6 is 0 Å². The second-order valence-corrected chi connectivity index (χ2v) is 11.8. The predicted octanol–water partition coefficient (Wildman–Crippen LogP) is 13.7. The van der Waals surface area contributed by atoms with Gasteiger partial charge in [0.15, 0.2) is 0 Å². The second kappa shape index (κ2) is 11.1. The van der Waals surface area contributed by atoms with Gasteiger partial charge in [-0.05, 0) is 65.8 Å². The van der Waals surface area contributed by atoms with Gasteiger partial charge in [0.2, 0.25) is 0 Å². The number of fused-ring (bicyclic) bond motifs is 6.